The summed E-state index contributed by atoms with van der Waals surface area (Å²) >= 11 is 0. The Morgan fingerprint density at radius 1 is 1.33 bits per heavy atom. The zero-order chi connectivity index (χ0) is 13.0. The van der Waals surface area contributed by atoms with E-state index in [0.717, 1.165) is 32.1 Å². The van der Waals surface area contributed by atoms with Gasteiger partial charge in [-0.2, -0.15) is 0 Å². The molecule has 1 aliphatic carbocycles. The Kier molecular flexibility index (Phi) is 4.96. The Bertz CT molecular complexity index is 254. The quantitative estimate of drug-likeness (QED) is 0.819. The second-order valence-corrected chi connectivity index (χ2v) is 5.81. The highest BCUT2D eigenvalue weighted by Gasteiger charge is 2.43. The molecule has 1 N–H and O–H groups in total. The van der Waals surface area contributed by atoms with E-state index in [1.807, 2.05) is 6.92 Å². The fourth-order valence-corrected chi connectivity index (χ4v) is 3.51. The van der Waals surface area contributed by atoms with Crippen molar-refractivity contribution in [2.75, 3.05) is 13.2 Å². The number of alkyl halides is 2. The molecule has 1 heterocycles. The number of hydrogen-bond acceptors (Lipinski definition) is 2. The Balaban J connectivity index is 1.96. The molecule has 0 amide bonds. The number of hydrogen-bond donors (Lipinski definition) is 1. The van der Waals surface area contributed by atoms with Crippen molar-refractivity contribution in [2.24, 2.45) is 5.92 Å². The Morgan fingerprint density at radius 2 is 2.06 bits per heavy atom. The van der Waals surface area contributed by atoms with Crippen LogP contribution in [0.1, 0.15) is 51.9 Å². The van der Waals surface area contributed by atoms with Crippen molar-refractivity contribution < 1.29 is 13.5 Å². The van der Waals surface area contributed by atoms with Gasteiger partial charge in [-0.15, -0.1) is 0 Å². The van der Waals surface area contributed by atoms with Crippen LogP contribution in [0.4, 0.5) is 8.78 Å². The van der Waals surface area contributed by atoms with Crippen LogP contribution in [0.2, 0.25) is 0 Å². The molecular formula is C14H25F2NO. The molecule has 0 aromatic heterocycles. The van der Waals surface area contributed by atoms with Crippen molar-refractivity contribution in [1.29, 1.82) is 0 Å². The summed E-state index contributed by atoms with van der Waals surface area (Å²) in [6.45, 7) is 3.35. The normalized spacial score (nSPS) is 29.0. The summed E-state index contributed by atoms with van der Waals surface area (Å²) in [5, 5.41) is 3.04. The van der Waals surface area contributed by atoms with Crippen LogP contribution in [0, 0.1) is 5.92 Å². The molecule has 1 saturated heterocycles. The molecule has 0 bridgehead atoms. The van der Waals surface area contributed by atoms with E-state index in [-0.39, 0.29) is 11.5 Å². The van der Waals surface area contributed by atoms with E-state index in [1.165, 1.54) is 12.8 Å². The van der Waals surface area contributed by atoms with E-state index in [9.17, 15) is 8.78 Å². The monoisotopic (exact) mass is 261 g/mol. The molecule has 2 aliphatic rings. The summed E-state index contributed by atoms with van der Waals surface area (Å²) in [6, 6.07) is -0.647. The predicted molar refractivity (Wildman–Crippen MR) is 68.0 cm³/mol. The zero-order valence-corrected chi connectivity index (χ0v) is 11.3. The van der Waals surface area contributed by atoms with Crippen molar-refractivity contribution in [1.82, 2.24) is 5.32 Å². The van der Waals surface area contributed by atoms with Gasteiger partial charge >= 0.3 is 0 Å². The van der Waals surface area contributed by atoms with Crippen LogP contribution in [0.25, 0.3) is 0 Å². The van der Waals surface area contributed by atoms with Gasteiger partial charge in [0.25, 0.3) is 6.43 Å². The minimum absolute atomic E-state index is 0.0655. The molecule has 2 nitrogen and oxygen atoms in total. The molecule has 2 unspecified atom stereocenters. The van der Waals surface area contributed by atoms with Crippen molar-refractivity contribution in [2.45, 2.75) is 69.9 Å². The van der Waals surface area contributed by atoms with E-state index < -0.39 is 12.5 Å². The molecule has 0 aromatic carbocycles. The standard InChI is InChI=1S/C14H25F2NO/c1-2-8-17-12(13(15)16)11-5-9-18-14(10-11)6-3-4-7-14/h11-13,17H,2-10H2,1H3. The first kappa shape index (κ1) is 14.2. The van der Waals surface area contributed by atoms with Crippen molar-refractivity contribution in [3.8, 4) is 0 Å². The fraction of sp³-hybridized carbons (Fsp3) is 1.00. The van der Waals surface area contributed by atoms with E-state index in [4.69, 9.17) is 4.74 Å². The lowest BCUT2D eigenvalue weighted by atomic mass is 9.80. The third kappa shape index (κ3) is 3.21. The van der Waals surface area contributed by atoms with Crippen molar-refractivity contribution in [3.63, 3.8) is 0 Å². The van der Waals surface area contributed by atoms with Crippen LogP contribution in [0.15, 0.2) is 0 Å². The van der Waals surface area contributed by atoms with Crippen LogP contribution in [0.3, 0.4) is 0 Å². The van der Waals surface area contributed by atoms with E-state index >= 15 is 0 Å². The molecule has 2 fully saturated rings. The van der Waals surface area contributed by atoms with Gasteiger partial charge in [-0.25, -0.2) is 8.78 Å². The average molecular weight is 261 g/mol. The molecule has 0 aromatic rings. The highest BCUT2D eigenvalue weighted by Crippen LogP contribution is 2.43. The Hall–Kier alpha value is -0.220. The van der Waals surface area contributed by atoms with Crippen LogP contribution in [-0.4, -0.2) is 31.2 Å². The molecular weight excluding hydrogens is 236 g/mol. The van der Waals surface area contributed by atoms with Gasteiger partial charge in [0.05, 0.1) is 11.6 Å². The maximum Gasteiger partial charge on any atom is 0.253 e. The molecule has 1 saturated carbocycles. The van der Waals surface area contributed by atoms with E-state index in [1.54, 1.807) is 0 Å². The molecule has 0 radical (unpaired) electrons. The van der Waals surface area contributed by atoms with E-state index in [0.29, 0.717) is 13.2 Å². The predicted octanol–water partition coefficient (Wildman–Crippen LogP) is 3.36. The minimum Gasteiger partial charge on any atom is -0.375 e. The maximum absolute atomic E-state index is 13.2. The second-order valence-electron chi connectivity index (χ2n) is 5.81. The molecule has 18 heavy (non-hydrogen) atoms. The summed E-state index contributed by atoms with van der Waals surface area (Å²) in [6.07, 6.45) is 4.73. The summed E-state index contributed by atoms with van der Waals surface area (Å²) in [5.74, 6) is 0.0726. The van der Waals surface area contributed by atoms with Crippen molar-refractivity contribution >= 4 is 0 Å². The number of halogens is 2. The molecule has 2 rings (SSSR count). The van der Waals surface area contributed by atoms with Crippen LogP contribution in [-0.2, 0) is 4.74 Å². The fourth-order valence-electron chi connectivity index (χ4n) is 3.51. The van der Waals surface area contributed by atoms with Gasteiger partial charge < -0.3 is 10.1 Å². The Morgan fingerprint density at radius 3 is 2.67 bits per heavy atom. The Labute approximate surface area is 108 Å². The molecule has 1 aliphatic heterocycles. The van der Waals surface area contributed by atoms with Gasteiger partial charge in [0, 0.05) is 6.61 Å². The molecule has 2 atom stereocenters. The van der Waals surface area contributed by atoms with Gasteiger partial charge in [0.2, 0.25) is 0 Å². The summed E-state index contributed by atoms with van der Waals surface area (Å²) in [7, 11) is 0. The average Bonchev–Trinajstić information content (AvgIpc) is 2.77. The third-order valence-electron chi connectivity index (χ3n) is 4.46. The maximum atomic E-state index is 13.2. The second kappa shape index (κ2) is 6.29. The molecule has 4 heteroatoms. The lowest BCUT2D eigenvalue weighted by Crippen LogP contribution is -2.49. The van der Waals surface area contributed by atoms with Gasteiger partial charge in [-0.05, 0) is 44.6 Å². The molecule has 106 valence electrons. The lowest BCUT2D eigenvalue weighted by Gasteiger charge is -2.41. The highest BCUT2D eigenvalue weighted by atomic mass is 19.3. The third-order valence-corrected chi connectivity index (χ3v) is 4.46. The van der Waals surface area contributed by atoms with Crippen LogP contribution in [0.5, 0.6) is 0 Å². The SMILES string of the molecule is CCCNC(C(F)F)C1CCOC2(CCCC2)C1. The first-order valence-electron chi connectivity index (χ1n) is 7.32. The largest absolute Gasteiger partial charge is 0.375 e. The molecule has 1 spiro atoms. The van der Waals surface area contributed by atoms with Gasteiger partial charge in [0.1, 0.15) is 0 Å². The smallest absolute Gasteiger partial charge is 0.253 e. The summed E-state index contributed by atoms with van der Waals surface area (Å²) in [4.78, 5) is 0. The van der Waals surface area contributed by atoms with Gasteiger partial charge in [-0.3, -0.25) is 0 Å². The topological polar surface area (TPSA) is 21.3 Å². The van der Waals surface area contributed by atoms with Gasteiger partial charge in [0.15, 0.2) is 0 Å². The minimum atomic E-state index is -2.27. The first-order valence-corrected chi connectivity index (χ1v) is 7.32. The van der Waals surface area contributed by atoms with Crippen LogP contribution < -0.4 is 5.32 Å². The van der Waals surface area contributed by atoms with Crippen LogP contribution >= 0.6 is 0 Å². The van der Waals surface area contributed by atoms with Gasteiger partial charge in [-0.1, -0.05) is 19.8 Å². The zero-order valence-electron chi connectivity index (χ0n) is 11.3. The van der Waals surface area contributed by atoms with Crippen molar-refractivity contribution in [3.05, 3.63) is 0 Å². The first-order chi connectivity index (χ1) is 8.67. The number of ether oxygens (including phenoxy) is 1. The lowest BCUT2D eigenvalue weighted by molar-refractivity contribution is -0.107. The van der Waals surface area contributed by atoms with E-state index in [2.05, 4.69) is 5.32 Å². The summed E-state index contributed by atoms with van der Waals surface area (Å²) in [5.41, 5.74) is -0.0655. The highest BCUT2D eigenvalue weighted by molar-refractivity contribution is 4.94. The number of nitrogens with one attached hydrogen (secondary N) is 1. The number of rotatable bonds is 5. The summed E-state index contributed by atoms with van der Waals surface area (Å²) < 4.78 is 32.3.